The molecule has 2 heterocycles. The molecule has 1 aromatic rings. The maximum Gasteiger partial charge on any atom is 0.226 e. The van der Waals surface area contributed by atoms with E-state index >= 15 is 0 Å². The van der Waals surface area contributed by atoms with Crippen LogP contribution in [0.15, 0.2) is 21.5 Å². The van der Waals surface area contributed by atoms with Crippen molar-refractivity contribution in [1.29, 1.82) is 0 Å². The molecule has 2 N–H and O–H groups in total. The molecule has 106 valence electrons. The van der Waals surface area contributed by atoms with Crippen molar-refractivity contribution >= 4 is 0 Å². The van der Waals surface area contributed by atoms with E-state index in [1.807, 2.05) is 6.92 Å². The fraction of sp³-hybridized carbons (Fsp3) is 0.643. The highest BCUT2D eigenvalue weighted by atomic mass is 16.4. The lowest BCUT2D eigenvalue weighted by Gasteiger charge is -2.37. The number of hydrogen-bond acceptors (Lipinski definition) is 5. The van der Waals surface area contributed by atoms with Gasteiger partial charge >= 0.3 is 0 Å². The molecule has 1 aliphatic heterocycles. The maximum atomic E-state index is 11.4. The summed E-state index contributed by atoms with van der Waals surface area (Å²) >= 11 is 0. The Morgan fingerprint density at radius 1 is 1.53 bits per heavy atom. The van der Waals surface area contributed by atoms with E-state index in [0.717, 1.165) is 38.5 Å². The first kappa shape index (κ1) is 14.1. The second-order valence-electron chi connectivity index (χ2n) is 5.11. The van der Waals surface area contributed by atoms with Gasteiger partial charge in [-0.05, 0) is 25.8 Å². The van der Waals surface area contributed by atoms with Gasteiger partial charge in [0.25, 0.3) is 0 Å². The molecule has 0 aromatic carbocycles. The van der Waals surface area contributed by atoms with E-state index in [4.69, 9.17) is 9.52 Å². The first-order chi connectivity index (χ1) is 9.11. The van der Waals surface area contributed by atoms with Crippen LogP contribution in [0.4, 0.5) is 0 Å². The standard InChI is InChI=1S/C14H21NO4/c1-2-12(16)11-5-3-4-6-15(11)8-10-7-13(17)14(18)9-19-10/h7,9,11-12,16,18H,2-6,8H2,1H3. The van der Waals surface area contributed by atoms with Crippen LogP contribution in [-0.4, -0.2) is 33.8 Å². The molecule has 0 amide bonds. The molecule has 1 aliphatic rings. The smallest absolute Gasteiger partial charge is 0.226 e. The highest BCUT2D eigenvalue weighted by Crippen LogP contribution is 2.23. The Morgan fingerprint density at radius 3 is 3.00 bits per heavy atom. The lowest BCUT2D eigenvalue weighted by atomic mass is 9.96. The number of aliphatic hydroxyl groups excluding tert-OH is 1. The Bertz CT molecular complexity index is 471. The molecule has 0 radical (unpaired) electrons. The molecule has 0 saturated carbocycles. The third-order valence-electron chi connectivity index (χ3n) is 3.75. The molecule has 1 saturated heterocycles. The summed E-state index contributed by atoms with van der Waals surface area (Å²) in [5, 5.41) is 19.2. The molecule has 0 spiro atoms. The number of rotatable bonds is 4. The van der Waals surface area contributed by atoms with Gasteiger partial charge in [0.1, 0.15) is 12.0 Å². The average molecular weight is 267 g/mol. The van der Waals surface area contributed by atoms with E-state index < -0.39 is 5.43 Å². The number of aromatic hydroxyl groups is 1. The van der Waals surface area contributed by atoms with Crippen LogP contribution < -0.4 is 5.43 Å². The first-order valence-electron chi connectivity index (χ1n) is 6.84. The molecule has 5 heteroatoms. The number of aliphatic hydroxyl groups is 1. The summed E-state index contributed by atoms with van der Waals surface area (Å²) in [6.45, 7) is 3.36. The largest absolute Gasteiger partial charge is 0.502 e. The topological polar surface area (TPSA) is 73.9 Å². The van der Waals surface area contributed by atoms with Gasteiger partial charge in [-0.1, -0.05) is 13.3 Å². The van der Waals surface area contributed by atoms with Crippen molar-refractivity contribution in [3.05, 3.63) is 28.3 Å². The lowest BCUT2D eigenvalue weighted by Crippen LogP contribution is -2.46. The fourth-order valence-electron chi connectivity index (χ4n) is 2.65. The van der Waals surface area contributed by atoms with Gasteiger partial charge in [0, 0.05) is 12.1 Å². The summed E-state index contributed by atoms with van der Waals surface area (Å²) in [7, 11) is 0. The van der Waals surface area contributed by atoms with Gasteiger partial charge in [-0.3, -0.25) is 9.69 Å². The summed E-state index contributed by atoms with van der Waals surface area (Å²) in [5.74, 6) is 0.158. The van der Waals surface area contributed by atoms with Crippen LogP contribution in [0.1, 0.15) is 38.4 Å². The first-order valence-corrected chi connectivity index (χ1v) is 6.84. The van der Waals surface area contributed by atoms with Crippen LogP contribution in [-0.2, 0) is 6.54 Å². The van der Waals surface area contributed by atoms with E-state index in [1.165, 1.54) is 6.07 Å². The summed E-state index contributed by atoms with van der Waals surface area (Å²) < 4.78 is 5.23. The summed E-state index contributed by atoms with van der Waals surface area (Å²) in [6, 6.07) is 1.44. The van der Waals surface area contributed by atoms with Gasteiger partial charge in [-0.2, -0.15) is 0 Å². The molecule has 2 unspecified atom stereocenters. The Balaban J connectivity index is 2.10. The second kappa shape index (κ2) is 6.21. The number of hydrogen-bond donors (Lipinski definition) is 2. The molecule has 5 nitrogen and oxygen atoms in total. The summed E-state index contributed by atoms with van der Waals surface area (Å²) in [5.41, 5.74) is -0.425. The monoisotopic (exact) mass is 267 g/mol. The molecule has 1 fully saturated rings. The van der Waals surface area contributed by atoms with Crippen LogP contribution in [0, 0.1) is 0 Å². The summed E-state index contributed by atoms with van der Waals surface area (Å²) in [4.78, 5) is 13.5. The van der Waals surface area contributed by atoms with Gasteiger partial charge in [0.05, 0.1) is 12.6 Å². The Labute approximate surface area is 112 Å². The second-order valence-corrected chi connectivity index (χ2v) is 5.11. The van der Waals surface area contributed by atoms with Crippen molar-refractivity contribution in [2.45, 2.75) is 51.3 Å². The normalized spacial score (nSPS) is 22.3. The van der Waals surface area contributed by atoms with E-state index in [2.05, 4.69) is 4.90 Å². The van der Waals surface area contributed by atoms with Crippen molar-refractivity contribution in [2.75, 3.05) is 6.54 Å². The Hall–Kier alpha value is -1.33. The van der Waals surface area contributed by atoms with Crippen LogP contribution in [0.5, 0.6) is 5.75 Å². The van der Waals surface area contributed by atoms with Crippen molar-refractivity contribution < 1.29 is 14.6 Å². The van der Waals surface area contributed by atoms with Crippen LogP contribution >= 0.6 is 0 Å². The lowest BCUT2D eigenvalue weighted by molar-refractivity contribution is 0.0159. The number of likely N-dealkylation sites (tertiary alicyclic amines) is 1. The average Bonchev–Trinajstić information content (AvgIpc) is 2.43. The van der Waals surface area contributed by atoms with Gasteiger partial charge in [-0.25, -0.2) is 0 Å². The zero-order chi connectivity index (χ0) is 13.8. The maximum absolute atomic E-state index is 11.4. The van der Waals surface area contributed by atoms with Crippen molar-refractivity contribution in [3.8, 4) is 5.75 Å². The van der Waals surface area contributed by atoms with E-state index in [1.54, 1.807) is 0 Å². The zero-order valence-electron chi connectivity index (χ0n) is 11.2. The van der Waals surface area contributed by atoms with Crippen LogP contribution in [0.2, 0.25) is 0 Å². The molecule has 2 atom stereocenters. The number of piperidine rings is 1. The van der Waals surface area contributed by atoms with Gasteiger partial charge in [0.15, 0.2) is 5.75 Å². The molecule has 0 aliphatic carbocycles. The molecular weight excluding hydrogens is 246 g/mol. The Kier molecular flexibility index (Phi) is 4.61. The van der Waals surface area contributed by atoms with E-state index in [0.29, 0.717) is 12.3 Å². The molecule has 0 bridgehead atoms. The zero-order valence-corrected chi connectivity index (χ0v) is 11.2. The van der Waals surface area contributed by atoms with Gasteiger partial charge in [0.2, 0.25) is 5.43 Å². The third kappa shape index (κ3) is 3.36. The van der Waals surface area contributed by atoms with Crippen LogP contribution in [0.3, 0.4) is 0 Å². The Morgan fingerprint density at radius 2 is 2.32 bits per heavy atom. The summed E-state index contributed by atoms with van der Waals surface area (Å²) in [6.07, 6.45) is 4.64. The van der Waals surface area contributed by atoms with Crippen molar-refractivity contribution in [3.63, 3.8) is 0 Å². The minimum atomic E-state index is -0.425. The predicted octanol–water partition coefficient (Wildman–Crippen LogP) is 1.47. The molecule has 1 aromatic heterocycles. The molecule has 19 heavy (non-hydrogen) atoms. The minimum absolute atomic E-state index is 0.123. The quantitative estimate of drug-likeness (QED) is 0.864. The predicted molar refractivity (Wildman–Crippen MR) is 71.0 cm³/mol. The highest BCUT2D eigenvalue weighted by Gasteiger charge is 2.28. The molecule has 2 rings (SSSR count). The highest BCUT2D eigenvalue weighted by molar-refractivity contribution is 5.15. The SMILES string of the molecule is CCC(O)C1CCCCN1Cc1cc(=O)c(O)co1. The van der Waals surface area contributed by atoms with E-state index in [9.17, 15) is 9.90 Å². The van der Waals surface area contributed by atoms with E-state index in [-0.39, 0.29) is 17.9 Å². The van der Waals surface area contributed by atoms with Gasteiger partial charge in [-0.15, -0.1) is 0 Å². The fourth-order valence-corrected chi connectivity index (χ4v) is 2.65. The minimum Gasteiger partial charge on any atom is -0.502 e. The third-order valence-corrected chi connectivity index (χ3v) is 3.75. The van der Waals surface area contributed by atoms with Crippen LogP contribution in [0.25, 0.3) is 0 Å². The van der Waals surface area contributed by atoms with Crippen molar-refractivity contribution in [2.24, 2.45) is 0 Å². The number of nitrogens with zero attached hydrogens (tertiary/aromatic N) is 1. The van der Waals surface area contributed by atoms with Crippen molar-refractivity contribution in [1.82, 2.24) is 4.90 Å². The van der Waals surface area contributed by atoms with Gasteiger partial charge < -0.3 is 14.6 Å². The molecular formula is C14H21NO4.